The molecule has 0 radical (unpaired) electrons. The molecule has 6 nitrogen and oxygen atoms in total. The molecule has 6 heteroatoms. The van der Waals surface area contributed by atoms with E-state index in [2.05, 4.69) is 24.4 Å². The van der Waals surface area contributed by atoms with Gasteiger partial charge in [-0.2, -0.15) is 0 Å². The second-order valence-corrected chi connectivity index (χ2v) is 7.56. The zero-order valence-corrected chi connectivity index (χ0v) is 16.8. The maximum atomic E-state index is 12.8. The monoisotopic (exact) mass is 394 g/mol. The van der Waals surface area contributed by atoms with E-state index in [1.54, 1.807) is 4.90 Å². The van der Waals surface area contributed by atoms with Gasteiger partial charge in [-0.3, -0.25) is 9.59 Å². The Morgan fingerprint density at radius 1 is 1.14 bits per heavy atom. The Morgan fingerprint density at radius 2 is 1.86 bits per heavy atom. The topological polar surface area (TPSA) is 67.9 Å². The van der Waals surface area contributed by atoms with Crippen molar-refractivity contribution in [2.45, 2.75) is 32.7 Å². The van der Waals surface area contributed by atoms with Crippen LogP contribution in [0.2, 0.25) is 0 Å². The molecular weight excluding hydrogens is 368 g/mol. The Hall–Kier alpha value is -3.02. The van der Waals surface area contributed by atoms with Gasteiger partial charge in [0.05, 0.1) is 12.0 Å². The third-order valence-corrected chi connectivity index (χ3v) is 5.58. The minimum Gasteiger partial charge on any atom is -0.486 e. The average molecular weight is 394 g/mol. The van der Waals surface area contributed by atoms with E-state index in [9.17, 15) is 9.59 Å². The summed E-state index contributed by atoms with van der Waals surface area (Å²) in [4.78, 5) is 27.0. The number of nitrogens with one attached hydrogen (secondary N) is 1. The molecule has 0 aromatic heterocycles. The number of anilines is 1. The lowest BCUT2D eigenvalue weighted by molar-refractivity contribution is -0.126. The van der Waals surface area contributed by atoms with Crippen LogP contribution in [0.3, 0.4) is 0 Å². The minimum atomic E-state index is -0.368. The zero-order chi connectivity index (χ0) is 20.4. The first kappa shape index (κ1) is 19.3. The van der Waals surface area contributed by atoms with Gasteiger partial charge in [-0.15, -0.1) is 0 Å². The van der Waals surface area contributed by atoms with Crippen LogP contribution in [0.5, 0.6) is 11.5 Å². The molecule has 1 N–H and O–H groups in total. The van der Waals surface area contributed by atoms with Gasteiger partial charge >= 0.3 is 0 Å². The van der Waals surface area contributed by atoms with Gasteiger partial charge in [-0.05, 0) is 36.6 Å². The van der Waals surface area contributed by atoms with Gasteiger partial charge in [0.15, 0.2) is 11.5 Å². The third-order valence-electron chi connectivity index (χ3n) is 5.58. The number of hydrogen-bond donors (Lipinski definition) is 1. The second-order valence-electron chi connectivity index (χ2n) is 7.56. The maximum Gasteiger partial charge on any atom is 0.227 e. The summed E-state index contributed by atoms with van der Waals surface area (Å²) >= 11 is 0. The lowest BCUT2D eigenvalue weighted by atomic mass is 10.0. The van der Waals surface area contributed by atoms with Crippen molar-refractivity contribution < 1.29 is 19.1 Å². The minimum absolute atomic E-state index is 0.0539. The predicted molar refractivity (Wildman–Crippen MR) is 110 cm³/mol. The van der Waals surface area contributed by atoms with Crippen LogP contribution in [0, 0.1) is 5.92 Å². The molecule has 2 aliphatic heterocycles. The molecule has 0 spiro atoms. The van der Waals surface area contributed by atoms with Gasteiger partial charge in [0.2, 0.25) is 11.8 Å². The van der Waals surface area contributed by atoms with Crippen LogP contribution in [0.4, 0.5) is 5.69 Å². The quantitative estimate of drug-likeness (QED) is 0.845. The van der Waals surface area contributed by atoms with Gasteiger partial charge in [-0.25, -0.2) is 0 Å². The maximum absolute atomic E-state index is 12.8. The first-order valence-corrected chi connectivity index (χ1v) is 10.1. The third kappa shape index (κ3) is 4.06. The summed E-state index contributed by atoms with van der Waals surface area (Å²) in [6.45, 7) is 5.47. The second kappa shape index (κ2) is 8.15. The summed E-state index contributed by atoms with van der Waals surface area (Å²) in [6.07, 6.45) is 1.20. The van der Waals surface area contributed by atoms with Gasteiger partial charge < -0.3 is 19.7 Å². The van der Waals surface area contributed by atoms with E-state index >= 15 is 0 Å². The fourth-order valence-electron chi connectivity index (χ4n) is 3.79. The van der Waals surface area contributed by atoms with Gasteiger partial charge in [-0.1, -0.05) is 31.2 Å². The van der Waals surface area contributed by atoms with E-state index in [-0.39, 0.29) is 30.2 Å². The van der Waals surface area contributed by atoms with Crippen LogP contribution in [0.25, 0.3) is 0 Å². The van der Waals surface area contributed by atoms with Crippen molar-refractivity contribution in [3.8, 4) is 11.5 Å². The van der Waals surface area contributed by atoms with E-state index in [1.165, 1.54) is 5.56 Å². The highest BCUT2D eigenvalue weighted by molar-refractivity contribution is 6.00. The molecule has 2 amide bonds. The van der Waals surface area contributed by atoms with Gasteiger partial charge in [0.1, 0.15) is 13.2 Å². The number of amides is 2. The Morgan fingerprint density at radius 3 is 2.59 bits per heavy atom. The van der Waals surface area contributed by atoms with Crippen molar-refractivity contribution in [3.05, 3.63) is 53.6 Å². The van der Waals surface area contributed by atoms with E-state index in [0.717, 1.165) is 17.7 Å². The molecule has 0 bridgehead atoms. The van der Waals surface area contributed by atoms with Crippen LogP contribution >= 0.6 is 0 Å². The number of carbonyl (C=O) groups is 2. The summed E-state index contributed by atoms with van der Waals surface area (Å²) in [6, 6.07) is 13.6. The lowest BCUT2D eigenvalue weighted by Gasteiger charge is -2.22. The van der Waals surface area contributed by atoms with Crippen molar-refractivity contribution in [3.63, 3.8) is 0 Å². The Bertz CT molecular complexity index is 910. The molecule has 2 aliphatic rings. The zero-order valence-electron chi connectivity index (χ0n) is 16.8. The highest BCUT2D eigenvalue weighted by Gasteiger charge is 2.36. The summed E-state index contributed by atoms with van der Waals surface area (Å²) in [7, 11) is 0. The molecule has 0 saturated carbocycles. The summed E-state index contributed by atoms with van der Waals surface area (Å²) < 4.78 is 11.1. The SMILES string of the molecule is CCc1ccc([C@H](C)NC(=O)[C@@H]2CC(=O)N(c3ccc4c(c3)OCCO4)C2)cc1. The molecule has 152 valence electrons. The predicted octanol–water partition coefficient (Wildman–Crippen LogP) is 3.25. The Labute approximate surface area is 170 Å². The number of ether oxygens (including phenoxy) is 2. The van der Waals surface area contributed by atoms with Crippen molar-refractivity contribution in [2.24, 2.45) is 5.92 Å². The first-order valence-electron chi connectivity index (χ1n) is 10.1. The van der Waals surface area contributed by atoms with Crippen molar-refractivity contribution in [1.82, 2.24) is 5.32 Å². The van der Waals surface area contributed by atoms with Crippen LogP contribution in [0.15, 0.2) is 42.5 Å². The number of hydrogen-bond acceptors (Lipinski definition) is 4. The highest BCUT2D eigenvalue weighted by atomic mass is 16.6. The summed E-state index contributed by atoms with van der Waals surface area (Å²) in [5.74, 6) is 0.808. The van der Waals surface area contributed by atoms with Crippen molar-refractivity contribution in [2.75, 3.05) is 24.7 Å². The molecule has 0 aliphatic carbocycles. The lowest BCUT2D eigenvalue weighted by Crippen LogP contribution is -2.34. The van der Waals surface area contributed by atoms with E-state index < -0.39 is 0 Å². The average Bonchev–Trinajstić information content (AvgIpc) is 3.15. The number of aryl methyl sites for hydroxylation is 1. The molecule has 2 aromatic carbocycles. The molecule has 1 saturated heterocycles. The molecular formula is C23H26N2O4. The number of fused-ring (bicyclic) bond motifs is 1. The van der Waals surface area contributed by atoms with Gasteiger partial charge in [0, 0.05) is 24.7 Å². The molecule has 2 atom stereocenters. The molecule has 4 rings (SSSR count). The number of nitrogens with zero attached hydrogens (tertiary/aromatic N) is 1. The Balaban J connectivity index is 1.41. The molecule has 0 unspecified atom stereocenters. The summed E-state index contributed by atoms with van der Waals surface area (Å²) in [5, 5.41) is 3.06. The highest BCUT2D eigenvalue weighted by Crippen LogP contribution is 2.36. The van der Waals surface area contributed by atoms with Crippen molar-refractivity contribution in [1.29, 1.82) is 0 Å². The number of rotatable bonds is 5. The van der Waals surface area contributed by atoms with Crippen LogP contribution in [-0.2, 0) is 16.0 Å². The van der Waals surface area contributed by atoms with E-state index in [4.69, 9.17) is 9.47 Å². The van der Waals surface area contributed by atoms with E-state index in [0.29, 0.717) is 31.3 Å². The standard InChI is InChI=1S/C23H26N2O4/c1-3-16-4-6-17(7-5-16)15(2)24-23(27)18-12-22(26)25(14-18)19-8-9-20-21(13-19)29-11-10-28-20/h4-9,13,15,18H,3,10-12,14H2,1-2H3,(H,24,27)/t15-,18+/m0/s1. The van der Waals surface area contributed by atoms with Gasteiger partial charge in [0.25, 0.3) is 0 Å². The van der Waals surface area contributed by atoms with Crippen LogP contribution < -0.4 is 19.7 Å². The number of benzene rings is 2. The van der Waals surface area contributed by atoms with E-state index in [1.807, 2.05) is 37.3 Å². The van der Waals surface area contributed by atoms with Crippen LogP contribution in [0.1, 0.15) is 37.4 Å². The smallest absolute Gasteiger partial charge is 0.227 e. The fraction of sp³-hybridized carbons (Fsp3) is 0.391. The Kier molecular flexibility index (Phi) is 5.43. The summed E-state index contributed by atoms with van der Waals surface area (Å²) in [5.41, 5.74) is 3.06. The normalized spacial score (nSPS) is 19.2. The first-order chi connectivity index (χ1) is 14.0. The molecule has 1 fully saturated rings. The largest absolute Gasteiger partial charge is 0.486 e. The van der Waals surface area contributed by atoms with Crippen molar-refractivity contribution >= 4 is 17.5 Å². The molecule has 2 heterocycles. The fourth-order valence-corrected chi connectivity index (χ4v) is 3.79. The molecule has 29 heavy (non-hydrogen) atoms. The number of carbonyl (C=O) groups excluding carboxylic acids is 2. The van der Waals surface area contributed by atoms with Crippen LogP contribution in [-0.4, -0.2) is 31.6 Å². The molecule has 2 aromatic rings.